The van der Waals surface area contributed by atoms with Gasteiger partial charge in [0.15, 0.2) is 0 Å². The number of anilines is 1. The van der Waals surface area contributed by atoms with Gasteiger partial charge in [0.1, 0.15) is 10.6 Å². The van der Waals surface area contributed by atoms with E-state index in [2.05, 4.69) is 10.1 Å². The van der Waals surface area contributed by atoms with E-state index in [0.29, 0.717) is 0 Å². The molecule has 0 radical (unpaired) electrons. The molecule has 10 heteroatoms. The smallest absolute Gasteiger partial charge is 0.337 e. The van der Waals surface area contributed by atoms with Crippen LogP contribution in [0.2, 0.25) is 0 Å². The molecule has 1 amide bonds. The Morgan fingerprint density at radius 3 is 2.67 bits per heavy atom. The molecular formula is C14H17N3O6S. The number of nitrogens with one attached hydrogen (secondary N) is 1. The van der Waals surface area contributed by atoms with Crippen LogP contribution in [0.1, 0.15) is 0 Å². The van der Waals surface area contributed by atoms with Crippen LogP contribution < -0.4 is 10.5 Å². The minimum atomic E-state index is -4.03. The summed E-state index contributed by atoms with van der Waals surface area (Å²) in [5, 5.41) is 16.8. The Balaban J connectivity index is 2.45. The standard InChI is InChI=1S/C14H17N3O6S/c1-23-14(20)9-8-17(6-7-18)13(19)12(9)16-10-4-2-3-5-11(10)24(15,21)22/h2-5,16,18H,6-8H2,1H3,(H2,15,21,22). The Kier molecular flexibility index (Phi) is 5.22. The van der Waals surface area contributed by atoms with E-state index in [-0.39, 0.29) is 41.5 Å². The summed E-state index contributed by atoms with van der Waals surface area (Å²) >= 11 is 0. The molecular weight excluding hydrogens is 338 g/mol. The second-order valence-electron chi connectivity index (χ2n) is 4.96. The van der Waals surface area contributed by atoms with Crippen LogP contribution in [0.5, 0.6) is 0 Å². The molecule has 0 spiro atoms. The van der Waals surface area contributed by atoms with Gasteiger partial charge in [-0.3, -0.25) is 4.79 Å². The predicted octanol–water partition coefficient (Wildman–Crippen LogP) is -0.992. The summed E-state index contributed by atoms with van der Waals surface area (Å²) in [5.41, 5.74) is 0.00201. The van der Waals surface area contributed by atoms with Crippen molar-refractivity contribution in [3.8, 4) is 0 Å². The number of esters is 1. The van der Waals surface area contributed by atoms with Crippen LogP contribution in [-0.4, -0.2) is 57.1 Å². The number of sulfonamides is 1. The van der Waals surface area contributed by atoms with Gasteiger partial charge in [-0.25, -0.2) is 18.4 Å². The number of rotatable bonds is 6. The van der Waals surface area contributed by atoms with Crippen molar-refractivity contribution in [3.63, 3.8) is 0 Å². The number of hydrogen-bond donors (Lipinski definition) is 3. The lowest BCUT2D eigenvalue weighted by atomic mass is 10.2. The van der Waals surface area contributed by atoms with Crippen LogP contribution in [0, 0.1) is 0 Å². The lowest BCUT2D eigenvalue weighted by molar-refractivity contribution is -0.136. The number of nitrogens with two attached hydrogens (primary N) is 1. The van der Waals surface area contributed by atoms with Crippen molar-refractivity contribution in [1.29, 1.82) is 0 Å². The number of primary sulfonamides is 1. The number of carbonyl (C=O) groups is 2. The summed E-state index contributed by atoms with van der Waals surface area (Å²) in [6, 6.07) is 5.74. The number of aliphatic hydroxyl groups excluding tert-OH is 1. The van der Waals surface area contributed by atoms with E-state index < -0.39 is 21.9 Å². The van der Waals surface area contributed by atoms with Crippen LogP contribution in [-0.2, 0) is 24.3 Å². The molecule has 1 heterocycles. The van der Waals surface area contributed by atoms with E-state index >= 15 is 0 Å². The number of benzene rings is 1. The molecule has 9 nitrogen and oxygen atoms in total. The van der Waals surface area contributed by atoms with Gasteiger partial charge in [0, 0.05) is 6.54 Å². The topological polar surface area (TPSA) is 139 Å². The van der Waals surface area contributed by atoms with Crippen molar-refractivity contribution in [2.24, 2.45) is 5.14 Å². The summed E-state index contributed by atoms with van der Waals surface area (Å²) in [6.45, 7) is -0.297. The van der Waals surface area contributed by atoms with Gasteiger partial charge in [-0.2, -0.15) is 0 Å². The third kappa shape index (κ3) is 3.55. The van der Waals surface area contributed by atoms with Crippen LogP contribution in [0.3, 0.4) is 0 Å². The maximum Gasteiger partial charge on any atom is 0.337 e. The number of β-amino-alcohol motifs (C(OH)–C–C–N with tert-alkyl or cyclic N) is 1. The summed E-state index contributed by atoms with van der Waals surface area (Å²) < 4.78 is 28.0. The fourth-order valence-corrected chi connectivity index (χ4v) is 3.00. The molecule has 1 aliphatic heterocycles. The van der Waals surface area contributed by atoms with Crippen molar-refractivity contribution >= 4 is 27.6 Å². The molecule has 0 fully saturated rings. The van der Waals surface area contributed by atoms with Gasteiger partial charge in [-0.1, -0.05) is 12.1 Å². The maximum absolute atomic E-state index is 12.4. The first kappa shape index (κ1) is 17.9. The zero-order valence-electron chi connectivity index (χ0n) is 12.9. The monoisotopic (exact) mass is 355 g/mol. The normalized spacial score (nSPS) is 15.0. The molecule has 130 valence electrons. The molecule has 24 heavy (non-hydrogen) atoms. The summed E-state index contributed by atoms with van der Waals surface area (Å²) in [6.07, 6.45) is 0. The van der Waals surface area contributed by atoms with E-state index in [9.17, 15) is 18.0 Å². The van der Waals surface area contributed by atoms with E-state index in [1.165, 1.54) is 30.2 Å². The van der Waals surface area contributed by atoms with Crippen molar-refractivity contribution in [2.75, 3.05) is 32.1 Å². The zero-order chi connectivity index (χ0) is 17.9. The van der Waals surface area contributed by atoms with Crippen molar-refractivity contribution in [1.82, 2.24) is 4.90 Å². The average molecular weight is 355 g/mol. The highest BCUT2D eigenvalue weighted by Crippen LogP contribution is 2.26. The summed E-state index contributed by atoms with van der Waals surface area (Å²) in [4.78, 5) is 25.3. The first-order chi connectivity index (χ1) is 11.3. The first-order valence-corrected chi connectivity index (χ1v) is 8.44. The van der Waals surface area contributed by atoms with E-state index in [1.807, 2.05) is 0 Å². The van der Waals surface area contributed by atoms with E-state index in [0.717, 1.165) is 0 Å². The lowest BCUT2D eigenvalue weighted by Gasteiger charge is -2.15. The third-order valence-corrected chi connectivity index (χ3v) is 4.38. The van der Waals surface area contributed by atoms with E-state index in [4.69, 9.17) is 10.2 Å². The number of amides is 1. The molecule has 0 aliphatic carbocycles. The average Bonchev–Trinajstić information content (AvgIpc) is 2.83. The Labute approximate surface area is 138 Å². The molecule has 1 aromatic carbocycles. The molecule has 0 unspecified atom stereocenters. The number of ether oxygens (including phenoxy) is 1. The Morgan fingerprint density at radius 1 is 1.42 bits per heavy atom. The largest absolute Gasteiger partial charge is 0.466 e. The number of hydrogen-bond acceptors (Lipinski definition) is 7. The molecule has 0 bridgehead atoms. The van der Waals surface area contributed by atoms with Crippen LogP contribution in [0.4, 0.5) is 5.69 Å². The second-order valence-corrected chi connectivity index (χ2v) is 6.49. The number of nitrogens with zero attached hydrogens (tertiary/aromatic N) is 1. The number of para-hydroxylation sites is 1. The minimum absolute atomic E-state index is 0.0291. The van der Waals surface area contributed by atoms with Crippen LogP contribution in [0.15, 0.2) is 40.4 Å². The maximum atomic E-state index is 12.4. The Morgan fingerprint density at radius 2 is 2.08 bits per heavy atom. The fraction of sp³-hybridized carbons (Fsp3) is 0.286. The predicted molar refractivity (Wildman–Crippen MR) is 84.1 cm³/mol. The molecule has 0 aromatic heterocycles. The number of aliphatic hydroxyl groups is 1. The van der Waals surface area contributed by atoms with Crippen molar-refractivity contribution < 1.29 is 27.9 Å². The molecule has 0 saturated carbocycles. The van der Waals surface area contributed by atoms with Crippen molar-refractivity contribution in [2.45, 2.75) is 4.90 Å². The number of carbonyl (C=O) groups excluding carboxylic acids is 2. The Hall–Kier alpha value is -2.43. The minimum Gasteiger partial charge on any atom is -0.466 e. The van der Waals surface area contributed by atoms with Gasteiger partial charge in [0.25, 0.3) is 5.91 Å². The third-order valence-electron chi connectivity index (χ3n) is 3.41. The molecule has 0 saturated heterocycles. The molecule has 0 atom stereocenters. The van der Waals surface area contributed by atoms with Gasteiger partial charge in [-0.15, -0.1) is 0 Å². The number of methoxy groups -OCH3 is 1. The van der Waals surface area contributed by atoms with Crippen molar-refractivity contribution in [3.05, 3.63) is 35.5 Å². The highest BCUT2D eigenvalue weighted by atomic mass is 32.2. The Bertz CT molecular complexity index is 802. The van der Waals surface area contributed by atoms with Gasteiger partial charge < -0.3 is 20.1 Å². The molecule has 2 rings (SSSR count). The van der Waals surface area contributed by atoms with E-state index in [1.54, 1.807) is 6.07 Å². The lowest BCUT2D eigenvalue weighted by Crippen LogP contribution is -2.31. The van der Waals surface area contributed by atoms with Gasteiger partial charge in [-0.05, 0) is 12.1 Å². The highest BCUT2D eigenvalue weighted by molar-refractivity contribution is 7.89. The molecule has 4 N–H and O–H groups in total. The quantitative estimate of drug-likeness (QED) is 0.557. The fourth-order valence-electron chi connectivity index (χ4n) is 2.30. The van der Waals surface area contributed by atoms with Gasteiger partial charge in [0.2, 0.25) is 10.0 Å². The highest BCUT2D eigenvalue weighted by Gasteiger charge is 2.35. The molecule has 1 aliphatic rings. The second kappa shape index (κ2) is 6.99. The summed E-state index contributed by atoms with van der Waals surface area (Å²) in [5.74, 6) is -1.27. The summed E-state index contributed by atoms with van der Waals surface area (Å²) in [7, 11) is -2.85. The van der Waals surface area contributed by atoms with Gasteiger partial charge >= 0.3 is 5.97 Å². The van der Waals surface area contributed by atoms with Crippen LogP contribution in [0.25, 0.3) is 0 Å². The zero-order valence-corrected chi connectivity index (χ0v) is 13.7. The van der Waals surface area contributed by atoms with Crippen LogP contribution >= 0.6 is 0 Å². The SMILES string of the molecule is COC(=O)C1=C(Nc2ccccc2S(N)(=O)=O)C(=O)N(CCO)C1. The van der Waals surface area contributed by atoms with Gasteiger partial charge in [0.05, 0.1) is 31.5 Å². The molecule has 1 aromatic rings. The first-order valence-electron chi connectivity index (χ1n) is 6.90.